The van der Waals surface area contributed by atoms with E-state index in [-0.39, 0.29) is 5.41 Å². The molecule has 0 aromatic heterocycles. The average Bonchev–Trinajstić information content (AvgIpc) is 2.62. The summed E-state index contributed by atoms with van der Waals surface area (Å²) in [6, 6.07) is 21.0. The lowest BCUT2D eigenvalue weighted by Crippen LogP contribution is -2.34. The predicted molar refractivity (Wildman–Crippen MR) is 92.6 cm³/mol. The zero-order valence-electron chi connectivity index (χ0n) is 13.1. The van der Waals surface area contributed by atoms with Gasteiger partial charge in [0.1, 0.15) is 5.76 Å². The summed E-state index contributed by atoms with van der Waals surface area (Å²) < 4.78 is 6.13. The van der Waals surface area contributed by atoms with Crippen LogP contribution in [-0.2, 0) is 10.2 Å². The first-order valence-electron chi connectivity index (χ1n) is 8.23. The fraction of sp³-hybridized carbons (Fsp3) is 0.333. The minimum Gasteiger partial charge on any atom is -0.493 e. The number of benzene rings is 2. The third-order valence-electron chi connectivity index (χ3n) is 4.82. The molecule has 1 aliphatic rings. The third-order valence-corrected chi connectivity index (χ3v) is 4.82. The maximum Gasteiger partial charge on any atom is 0.119 e. The van der Waals surface area contributed by atoms with Crippen LogP contribution in [0.5, 0.6) is 0 Å². The Hall–Kier alpha value is -2.02. The number of ether oxygens (including phenoxy) is 1. The summed E-state index contributed by atoms with van der Waals surface area (Å²) in [5.41, 5.74) is 2.63. The molecular weight excluding hydrogens is 268 g/mol. The normalized spacial score (nSPS) is 16.9. The molecule has 1 saturated carbocycles. The molecule has 0 heterocycles. The maximum atomic E-state index is 6.13. The van der Waals surface area contributed by atoms with E-state index in [2.05, 4.69) is 49.0 Å². The largest absolute Gasteiger partial charge is 0.493 e. The Kier molecular flexibility index (Phi) is 4.62. The van der Waals surface area contributed by atoms with Crippen LogP contribution in [0.25, 0.3) is 5.76 Å². The topological polar surface area (TPSA) is 9.23 Å². The van der Waals surface area contributed by atoms with E-state index in [1.54, 1.807) is 0 Å². The molecule has 1 aliphatic carbocycles. The van der Waals surface area contributed by atoms with Crippen LogP contribution in [0.3, 0.4) is 0 Å². The Balaban J connectivity index is 1.75. The van der Waals surface area contributed by atoms with E-state index in [4.69, 9.17) is 4.74 Å². The van der Waals surface area contributed by atoms with E-state index in [1.807, 2.05) is 18.2 Å². The van der Waals surface area contributed by atoms with Gasteiger partial charge in [-0.3, -0.25) is 0 Å². The van der Waals surface area contributed by atoms with E-state index < -0.39 is 0 Å². The van der Waals surface area contributed by atoms with Gasteiger partial charge in [-0.2, -0.15) is 0 Å². The van der Waals surface area contributed by atoms with Gasteiger partial charge in [0, 0.05) is 11.0 Å². The van der Waals surface area contributed by atoms with Gasteiger partial charge in [0.25, 0.3) is 0 Å². The molecule has 1 heteroatoms. The van der Waals surface area contributed by atoms with Crippen molar-refractivity contribution < 1.29 is 4.74 Å². The lowest BCUT2D eigenvalue weighted by atomic mass is 9.70. The first kappa shape index (κ1) is 14.9. The molecule has 0 amide bonds. The maximum absolute atomic E-state index is 6.13. The second kappa shape index (κ2) is 6.83. The van der Waals surface area contributed by atoms with Crippen molar-refractivity contribution in [2.75, 3.05) is 6.61 Å². The van der Waals surface area contributed by atoms with Crippen molar-refractivity contribution in [1.29, 1.82) is 0 Å². The lowest BCUT2D eigenvalue weighted by Gasteiger charge is -2.37. The summed E-state index contributed by atoms with van der Waals surface area (Å²) in [5, 5.41) is 0. The van der Waals surface area contributed by atoms with E-state index in [9.17, 15) is 0 Å². The highest BCUT2D eigenvalue weighted by molar-refractivity contribution is 5.57. The van der Waals surface area contributed by atoms with Crippen LogP contribution in [0.1, 0.15) is 43.2 Å². The Morgan fingerprint density at radius 2 is 1.45 bits per heavy atom. The van der Waals surface area contributed by atoms with Gasteiger partial charge in [-0.05, 0) is 18.4 Å². The molecule has 0 unspecified atom stereocenters. The molecule has 0 radical (unpaired) electrons. The van der Waals surface area contributed by atoms with Crippen molar-refractivity contribution in [3.8, 4) is 0 Å². The molecule has 2 aromatic carbocycles. The summed E-state index contributed by atoms with van der Waals surface area (Å²) in [7, 11) is 0. The lowest BCUT2D eigenvalue weighted by molar-refractivity contribution is 0.147. The summed E-state index contributed by atoms with van der Waals surface area (Å²) >= 11 is 0. The van der Waals surface area contributed by atoms with Gasteiger partial charge in [0.2, 0.25) is 0 Å². The molecular formula is C21H24O. The fourth-order valence-electron chi connectivity index (χ4n) is 3.47. The van der Waals surface area contributed by atoms with Gasteiger partial charge in [-0.15, -0.1) is 0 Å². The molecule has 2 aromatic rings. The molecule has 0 N–H and O–H groups in total. The molecule has 3 rings (SSSR count). The highest BCUT2D eigenvalue weighted by Gasteiger charge is 2.34. The molecule has 1 fully saturated rings. The smallest absolute Gasteiger partial charge is 0.119 e. The zero-order chi connectivity index (χ0) is 15.3. The van der Waals surface area contributed by atoms with Crippen molar-refractivity contribution in [2.24, 2.45) is 0 Å². The van der Waals surface area contributed by atoms with Crippen LogP contribution >= 0.6 is 0 Å². The van der Waals surface area contributed by atoms with Gasteiger partial charge in [-0.1, -0.05) is 86.5 Å². The second-order valence-electron chi connectivity index (χ2n) is 6.28. The van der Waals surface area contributed by atoms with Crippen molar-refractivity contribution in [1.82, 2.24) is 0 Å². The van der Waals surface area contributed by atoms with Crippen LogP contribution < -0.4 is 0 Å². The number of hydrogen-bond donors (Lipinski definition) is 0. The fourth-order valence-corrected chi connectivity index (χ4v) is 3.47. The standard InChI is InChI=1S/C21H24O/c1-18(19-11-5-2-6-12-19)22-17-21(15-9-4-10-16-21)20-13-7-3-8-14-20/h2-3,5-8,11-14H,1,4,9-10,15-17H2. The van der Waals surface area contributed by atoms with Gasteiger partial charge in [0.05, 0.1) is 6.61 Å². The molecule has 114 valence electrons. The summed E-state index contributed by atoms with van der Waals surface area (Å²) in [6.07, 6.45) is 6.33. The Morgan fingerprint density at radius 3 is 2.09 bits per heavy atom. The van der Waals surface area contributed by atoms with E-state index >= 15 is 0 Å². The van der Waals surface area contributed by atoms with Crippen LogP contribution in [0.2, 0.25) is 0 Å². The molecule has 0 spiro atoms. The van der Waals surface area contributed by atoms with Crippen molar-refractivity contribution in [3.05, 3.63) is 78.4 Å². The highest BCUT2D eigenvalue weighted by atomic mass is 16.5. The summed E-state index contributed by atoms with van der Waals surface area (Å²) in [4.78, 5) is 0. The zero-order valence-corrected chi connectivity index (χ0v) is 13.1. The van der Waals surface area contributed by atoms with Crippen molar-refractivity contribution in [3.63, 3.8) is 0 Å². The first-order chi connectivity index (χ1) is 10.8. The van der Waals surface area contributed by atoms with Crippen LogP contribution in [-0.4, -0.2) is 6.61 Å². The first-order valence-corrected chi connectivity index (χ1v) is 8.23. The minimum absolute atomic E-state index is 0.150. The van der Waals surface area contributed by atoms with E-state index in [0.29, 0.717) is 0 Å². The van der Waals surface area contributed by atoms with Crippen molar-refractivity contribution >= 4 is 5.76 Å². The Morgan fingerprint density at radius 1 is 0.864 bits per heavy atom. The van der Waals surface area contributed by atoms with Gasteiger partial charge >= 0.3 is 0 Å². The molecule has 0 bridgehead atoms. The second-order valence-corrected chi connectivity index (χ2v) is 6.28. The summed E-state index contributed by atoms with van der Waals surface area (Å²) in [5.74, 6) is 0.779. The third kappa shape index (κ3) is 3.24. The van der Waals surface area contributed by atoms with Crippen molar-refractivity contribution in [2.45, 2.75) is 37.5 Å². The van der Waals surface area contributed by atoms with Gasteiger partial charge in [-0.25, -0.2) is 0 Å². The summed E-state index contributed by atoms with van der Waals surface area (Å²) in [6.45, 7) is 4.84. The Bertz CT molecular complexity index is 594. The monoisotopic (exact) mass is 292 g/mol. The van der Waals surface area contributed by atoms with E-state index in [0.717, 1.165) is 17.9 Å². The molecule has 1 nitrogen and oxygen atoms in total. The van der Waals surface area contributed by atoms with E-state index in [1.165, 1.54) is 37.7 Å². The molecule has 0 aliphatic heterocycles. The van der Waals surface area contributed by atoms with Crippen LogP contribution in [0.15, 0.2) is 67.2 Å². The van der Waals surface area contributed by atoms with Crippen LogP contribution in [0, 0.1) is 0 Å². The number of hydrogen-bond acceptors (Lipinski definition) is 1. The highest BCUT2D eigenvalue weighted by Crippen LogP contribution is 2.40. The molecule has 0 atom stereocenters. The molecule has 0 saturated heterocycles. The van der Waals surface area contributed by atoms with Gasteiger partial charge in [0.15, 0.2) is 0 Å². The quantitative estimate of drug-likeness (QED) is 0.654. The molecule has 22 heavy (non-hydrogen) atoms. The van der Waals surface area contributed by atoms with Gasteiger partial charge < -0.3 is 4.74 Å². The predicted octanol–water partition coefficient (Wildman–Crippen LogP) is 5.58. The Labute approximate surface area is 133 Å². The minimum atomic E-state index is 0.150. The number of rotatable bonds is 5. The average molecular weight is 292 g/mol. The van der Waals surface area contributed by atoms with Crippen LogP contribution in [0.4, 0.5) is 0 Å². The SMILES string of the molecule is C=C(OCC1(c2ccccc2)CCCCC1)c1ccccc1.